The van der Waals surface area contributed by atoms with Crippen LogP contribution in [-0.2, 0) is 31.2 Å². The summed E-state index contributed by atoms with van der Waals surface area (Å²) in [4.78, 5) is 0. The molecule has 0 radical (unpaired) electrons. The third-order valence-corrected chi connectivity index (χ3v) is 9.31. The van der Waals surface area contributed by atoms with Gasteiger partial charge in [0.2, 0.25) is 0 Å². The first-order valence-corrected chi connectivity index (χ1v) is 18.1. The third kappa shape index (κ3) is 8.68. The lowest BCUT2D eigenvalue weighted by Crippen LogP contribution is -2.01. The van der Waals surface area contributed by atoms with Crippen molar-refractivity contribution in [1.29, 1.82) is 0 Å². The molecule has 1 N–H and O–H groups in total. The van der Waals surface area contributed by atoms with Crippen LogP contribution in [0.2, 0.25) is 0 Å². The number of benzene rings is 6. The van der Waals surface area contributed by atoms with Gasteiger partial charge in [-0.15, -0.1) is 0 Å². The van der Waals surface area contributed by atoms with E-state index in [0.717, 1.165) is 78.7 Å². The predicted octanol–water partition coefficient (Wildman–Crippen LogP) is 10.1. The minimum atomic E-state index is -0.0384. The fourth-order valence-corrected chi connectivity index (χ4v) is 6.60. The van der Waals surface area contributed by atoms with Gasteiger partial charge in [-0.05, 0) is 108 Å². The number of fused-ring (bicyclic) bond motifs is 2. The zero-order valence-electron chi connectivity index (χ0n) is 31.2. The second-order valence-electron chi connectivity index (χ2n) is 12.9. The number of methoxy groups -OCH3 is 3. The molecule has 8 heteroatoms. The molecule has 8 aromatic rings. The van der Waals surface area contributed by atoms with Crippen LogP contribution >= 0.6 is 0 Å². The molecule has 0 fully saturated rings. The van der Waals surface area contributed by atoms with Crippen LogP contribution in [0.4, 0.5) is 0 Å². The van der Waals surface area contributed by atoms with Crippen molar-refractivity contribution in [2.24, 2.45) is 0 Å². The average Bonchev–Trinajstić information content (AvgIpc) is 3.80. The van der Waals surface area contributed by atoms with E-state index in [1.54, 1.807) is 21.3 Å². The summed E-state index contributed by atoms with van der Waals surface area (Å²) in [5.41, 5.74) is 8.39. The Balaban J connectivity index is 0.000000169. The fraction of sp³-hybridized carbons (Fsp3) is 0.149. The van der Waals surface area contributed by atoms with Gasteiger partial charge < -0.3 is 37.9 Å². The van der Waals surface area contributed by atoms with Crippen molar-refractivity contribution in [2.45, 2.75) is 26.4 Å². The molecule has 0 amide bonds. The van der Waals surface area contributed by atoms with Crippen LogP contribution in [0.5, 0.6) is 23.0 Å². The van der Waals surface area contributed by atoms with Gasteiger partial charge in [-0.3, -0.25) is 0 Å². The molecule has 6 aromatic carbocycles. The molecule has 0 aliphatic rings. The maximum atomic E-state index is 9.80. The van der Waals surface area contributed by atoms with Gasteiger partial charge in [-0.1, -0.05) is 60.7 Å². The molecule has 0 atom stereocenters. The average molecular weight is 733 g/mol. The van der Waals surface area contributed by atoms with E-state index in [4.69, 9.17) is 23.7 Å². The van der Waals surface area contributed by atoms with Crippen molar-refractivity contribution in [3.05, 3.63) is 180 Å². The number of aromatic nitrogens is 2. The molecule has 0 spiro atoms. The van der Waals surface area contributed by atoms with E-state index in [1.807, 2.05) is 121 Å². The van der Waals surface area contributed by atoms with E-state index in [9.17, 15) is 5.11 Å². The van der Waals surface area contributed by atoms with Crippen molar-refractivity contribution in [1.82, 2.24) is 9.13 Å². The lowest BCUT2D eigenvalue weighted by Gasteiger charge is -2.12. The van der Waals surface area contributed by atoms with E-state index in [-0.39, 0.29) is 6.61 Å². The summed E-state index contributed by atoms with van der Waals surface area (Å²) in [6, 6.07) is 52.5. The summed E-state index contributed by atoms with van der Waals surface area (Å²) in [7, 11) is 5.05. The van der Waals surface area contributed by atoms with Gasteiger partial charge in [0.05, 0.1) is 38.5 Å². The van der Waals surface area contributed by atoms with Crippen LogP contribution in [0.3, 0.4) is 0 Å². The first-order chi connectivity index (χ1) is 27.1. The van der Waals surface area contributed by atoms with Gasteiger partial charge in [-0.25, -0.2) is 0 Å². The summed E-state index contributed by atoms with van der Waals surface area (Å²) in [5, 5.41) is 11.9. The zero-order chi connectivity index (χ0) is 38.0. The standard InChI is InChI=1S/C24H23NO3.C23H21NO3/c1-26-17-21-14-19-15-23(27-2)12-13-24(19)25(21)20-8-10-22(11-9-20)28-16-18-6-4-3-5-7-18;1-26-22-11-12-23-18(14-22)13-20(15-25)24(23)19-7-9-21(10-8-19)27-16-17-5-3-2-4-6-17/h3-15H,16-17H2,1-2H3;2-14,25H,15-16H2,1H3. The number of rotatable bonds is 13. The molecule has 0 saturated heterocycles. The lowest BCUT2D eigenvalue weighted by molar-refractivity contribution is 0.180. The van der Waals surface area contributed by atoms with Gasteiger partial charge in [0.1, 0.15) is 36.2 Å². The molecular formula is C47H44N2O6. The molecule has 8 nitrogen and oxygen atoms in total. The SMILES string of the molecule is COCc1cc2cc(OC)ccc2n1-c1ccc(OCc2ccccc2)cc1.COc1ccc2c(c1)cc(CO)n2-c1ccc(OCc2ccccc2)cc1. The molecule has 0 bridgehead atoms. The van der Waals surface area contributed by atoms with Crippen molar-refractivity contribution in [3.63, 3.8) is 0 Å². The van der Waals surface area contributed by atoms with E-state index >= 15 is 0 Å². The minimum Gasteiger partial charge on any atom is -0.497 e. The topological polar surface area (TPSA) is 76.2 Å². The molecule has 0 aliphatic carbocycles. The Bertz CT molecular complexity index is 2440. The van der Waals surface area contributed by atoms with E-state index < -0.39 is 0 Å². The summed E-state index contributed by atoms with van der Waals surface area (Å²) in [6.07, 6.45) is 0. The van der Waals surface area contributed by atoms with E-state index in [2.05, 4.69) is 45.5 Å². The maximum Gasteiger partial charge on any atom is 0.119 e. The Morgan fingerprint density at radius 2 is 0.855 bits per heavy atom. The normalized spacial score (nSPS) is 10.9. The number of aliphatic hydroxyl groups excluding tert-OH is 1. The Morgan fingerprint density at radius 1 is 0.436 bits per heavy atom. The number of aliphatic hydroxyl groups is 1. The number of hydrogen-bond donors (Lipinski definition) is 1. The quantitative estimate of drug-likeness (QED) is 0.127. The van der Waals surface area contributed by atoms with Crippen molar-refractivity contribution in [2.75, 3.05) is 21.3 Å². The molecule has 278 valence electrons. The van der Waals surface area contributed by atoms with E-state index in [0.29, 0.717) is 19.8 Å². The first-order valence-electron chi connectivity index (χ1n) is 18.1. The van der Waals surface area contributed by atoms with Crippen molar-refractivity contribution in [3.8, 4) is 34.4 Å². The first kappa shape index (κ1) is 36.9. The fourth-order valence-electron chi connectivity index (χ4n) is 6.60. The van der Waals surface area contributed by atoms with Crippen LogP contribution < -0.4 is 18.9 Å². The Labute approximate surface area is 321 Å². The lowest BCUT2D eigenvalue weighted by atomic mass is 10.2. The number of hydrogen-bond acceptors (Lipinski definition) is 6. The molecule has 0 unspecified atom stereocenters. The molecule has 0 saturated carbocycles. The second-order valence-corrected chi connectivity index (χ2v) is 12.9. The molecule has 55 heavy (non-hydrogen) atoms. The van der Waals surface area contributed by atoms with Gasteiger partial charge in [0.15, 0.2) is 0 Å². The predicted molar refractivity (Wildman–Crippen MR) is 218 cm³/mol. The zero-order valence-corrected chi connectivity index (χ0v) is 31.2. The maximum absolute atomic E-state index is 9.80. The third-order valence-electron chi connectivity index (χ3n) is 9.31. The highest BCUT2D eigenvalue weighted by molar-refractivity contribution is 5.85. The number of nitrogens with zero attached hydrogens (tertiary/aromatic N) is 2. The monoisotopic (exact) mass is 732 g/mol. The Morgan fingerprint density at radius 3 is 1.27 bits per heavy atom. The number of ether oxygens (including phenoxy) is 5. The van der Waals surface area contributed by atoms with Crippen LogP contribution in [0, 0.1) is 0 Å². The molecule has 8 rings (SSSR count). The summed E-state index contributed by atoms with van der Waals surface area (Å²) >= 11 is 0. The highest BCUT2D eigenvalue weighted by Gasteiger charge is 2.13. The Kier molecular flexibility index (Phi) is 11.8. The van der Waals surface area contributed by atoms with Crippen molar-refractivity contribution < 1.29 is 28.8 Å². The van der Waals surface area contributed by atoms with Crippen molar-refractivity contribution >= 4 is 21.8 Å². The van der Waals surface area contributed by atoms with Crippen LogP contribution in [0.25, 0.3) is 33.2 Å². The Hall–Kier alpha value is -6.48. The second kappa shape index (κ2) is 17.6. The summed E-state index contributed by atoms with van der Waals surface area (Å²) < 4.78 is 32.1. The summed E-state index contributed by atoms with van der Waals surface area (Å²) in [5.74, 6) is 3.30. The van der Waals surface area contributed by atoms with Gasteiger partial charge in [-0.2, -0.15) is 0 Å². The highest BCUT2D eigenvalue weighted by atomic mass is 16.5. The van der Waals surface area contributed by atoms with Crippen LogP contribution in [0.15, 0.2) is 158 Å². The molecule has 2 aromatic heterocycles. The van der Waals surface area contributed by atoms with Crippen LogP contribution in [0.1, 0.15) is 22.5 Å². The van der Waals surface area contributed by atoms with E-state index in [1.165, 1.54) is 0 Å². The molecule has 0 aliphatic heterocycles. The van der Waals surface area contributed by atoms with Crippen LogP contribution in [-0.4, -0.2) is 35.6 Å². The smallest absolute Gasteiger partial charge is 0.119 e. The molecule has 2 heterocycles. The summed E-state index contributed by atoms with van der Waals surface area (Å²) in [6.45, 7) is 1.59. The van der Waals surface area contributed by atoms with Gasteiger partial charge in [0.25, 0.3) is 0 Å². The highest BCUT2D eigenvalue weighted by Crippen LogP contribution is 2.31. The van der Waals surface area contributed by atoms with Gasteiger partial charge >= 0.3 is 0 Å². The largest absolute Gasteiger partial charge is 0.497 e. The van der Waals surface area contributed by atoms with Gasteiger partial charge in [0, 0.05) is 40.6 Å². The minimum absolute atomic E-state index is 0.0384. The molecular weight excluding hydrogens is 689 g/mol.